The van der Waals surface area contributed by atoms with E-state index in [1.54, 1.807) is 0 Å². The van der Waals surface area contributed by atoms with Crippen LogP contribution in [0.1, 0.15) is 15.9 Å². The number of hydrogen-bond donors (Lipinski definition) is 0. The molecule has 2 aromatic carbocycles. The van der Waals surface area contributed by atoms with Gasteiger partial charge >= 0.3 is 0 Å². The van der Waals surface area contributed by atoms with Crippen molar-refractivity contribution in [3.8, 4) is 0 Å². The van der Waals surface area contributed by atoms with Gasteiger partial charge in [-0.1, -0.05) is 28.1 Å². The van der Waals surface area contributed by atoms with E-state index in [4.69, 9.17) is 0 Å². The first-order chi connectivity index (χ1) is 11.5. The molecule has 2 aromatic rings. The van der Waals surface area contributed by atoms with Crippen molar-refractivity contribution in [1.82, 2.24) is 9.80 Å². The molecule has 0 aromatic heterocycles. The van der Waals surface area contributed by atoms with E-state index in [1.807, 2.05) is 35.2 Å². The van der Waals surface area contributed by atoms with Crippen LogP contribution in [0.3, 0.4) is 0 Å². The minimum Gasteiger partial charge on any atom is -0.336 e. The highest BCUT2D eigenvalue weighted by Crippen LogP contribution is 2.23. The standard InChI is InChI=1S/C18H17Br2FN2O/c19-14-3-6-16(17(20)11-14)18(24)23-9-7-22(8-10-23)12-13-1-4-15(21)5-2-13/h1-6,11H,7-10,12H2. The minimum atomic E-state index is -0.214. The first kappa shape index (κ1) is 17.6. The lowest BCUT2D eigenvalue weighted by Gasteiger charge is -2.35. The monoisotopic (exact) mass is 454 g/mol. The van der Waals surface area contributed by atoms with Gasteiger partial charge in [0, 0.05) is 41.7 Å². The van der Waals surface area contributed by atoms with Gasteiger partial charge in [0.15, 0.2) is 0 Å². The molecule has 24 heavy (non-hydrogen) atoms. The molecule has 1 saturated heterocycles. The van der Waals surface area contributed by atoms with Crippen molar-refractivity contribution < 1.29 is 9.18 Å². The predicted octanol–water partition coefficient (Wildman–Crippen LogP) is 4.31. The number of amides is 1. The second kappa shape index (κ2) is 7.76. The molecule has 0 unspecified atom stereocenters. The Bertz CT molecular complexity index is 728. The highest BCUT2D eigenvalue weighted by molar-refractivity contribution is 9.11. The Balaban J connectivity index is 1.58. The van der Waals surface area contributed by atoms with Gasteiger partial charge in [0.05, 0.1) is 5.56 Å². The van der Waals surface area contributed by atoms with Crippen molar-refractivity contribution in [1.29, 1.82) is 0 Å². The van der Waals surface area contributed by atoms with Crippen LogP contribution < -0.4 is 0 Å². The van der Waals surface area contributed by atoms with Crippen molar-refractivity contribution in [3.63, 3.8) is 0 Å². The molecule has 0 atom stereocenters. The number of hydrogen-bond acceptors (Lipinski definition) is 2. The molecule has 1 aliphatic heterocycles. The van der Waals surface area contributed by atoms with Crippen molar-refractivity contribution >= 4 is 37.8 Å². The summed E-state index contributed by atoms with van der Waals surface area (Å²) in [5.41, 5.74) is 1.78. The van der Waals surface area contributed by atoms with Crippen molar-refractivity contribution in [2.24, 2.45) is 0 Å². The summed E-state index contributed by atoms with van der Waals surface area (Å²) in [5.74, 6) is -0.162. The van der Waals surface area contributed by atoms with Crippen LogP contribution in [0.25, 0.3) is 0 Å². The second-order valence-corrected chi connectivity index (χ2v) is 7.59. The summed E-state index contributed by atoms with van der Waals surface area (Å²) in [6.45, 7) is 3.81. The first-order valence-electron chi connectivity index (χ1n) is 7.74. The Morgan fingerprint density at radius 3 is 2.29 bits per heavy atom. The van der Waals surface area contributed by atoms with E-state index >= 15 is 0 Å². The fourth-order valence-electron chi connectivity index (χ4n) is 2.79. The quantitative estimate of drug-likeness (QED) is 0.688. The molecular formula is C18H17Br2FN2O. The molecule has 6 heteroatoms. The zero-order valence-corrected chi connectivity index (χ0v) is 16.2. The maximum Gasteiger partial charge on any atom is 0.255 e. The van der Waals surface area contributed by atoms with Crippen LogP contribution in [0.2, 0.25) is 0 Å². The van der Waals surface area contributed by atoms with E-state index < -0.39 is 0 Å². The third-order valence-corrected chi connectivity index (χ3v) is 5.29. The summed E-state index contributed by atoms with van der Waals surface area (Å²) in [4.78, 5) is 16.8. The van der Waals surface area contributed by atoms with Crippen molar-refractivity contribution in [2.45, 2.75) is 6.54 Å². The average molecular weight is 456 g/mol. The molecule has 0 aliphatic carbocycles. The van der Waals surface area contributed by atoms with Crippen LogP contribution in [0, 0.1) is 5.82 Å². The summed E-state index contributed by atoms with van der Waals surface area (Å²) in [5, 5.41) is 0. The second-order valence-electron chi connectivity index (χ2n) is 5.82. The van der Waals surface area contributed by atoms with E-state index in [1.165, 1.54) is 12.1 Å². The molecule has 1 fully saturated rings. The summed E-state index contributed by atoms with van der Waals surface area (Å²) in [6, 6.07) is 12.2. The molecule has 3 rings (SSSR count). The molecule has 0 spiro atoms. The predicted molar refractivity (Wildman–Crippen MR) is 99.4 cm³/mol. The summed E-state index contributed by atoms with van der Waals surface area (Å²) in [6.07, 6.45) is 0. The lowest BCUT2D eigenvalue weighted by atomic mass is 10.1. The third kappa shape index (κ3) is 4.23. The fourth-order valence-corrected chi connectivity index (χ4v) is 4.01. The van der Waals surface area contributed by atoms with Crippen LogP contribution in [-0.4, -0.2) is 41.9 Å². The van der Waals surface area contributed by atoms with Crippen molar-refractivity contribution in [2.75, 3.05) is 26.2 Å². The Labute approximate surface area is 157 Å². The number of carbonyl (C=O) groups is 1. The van der Waals surface area contributed by atoms with Gasteiger partial charge < -0.3 is 4.90 Å². The molecule has 3 nitrogen and oxygen atoms in total. The Morgan fingerprint density at radius 2 is 1.67 bits per heavy atom. The normalized spacial score (nSPS) is 15.5. The van der Waals surface area contributed by atoms with Gasteiger partial charge in [0.2, 0.25) is 0 Å². The summed E-state index contributed by atoms with van der Waals surface area (Å²) < 4.78 is 14.7. The SMILES string of the molecule is O=C(c1ccc(Br)cc1Br)N1CCN(Cc2ccc(F)cc2)CC1. The maximum atomic E-state index is 13.0. The van der Waals surface area contributed by atoms with Gasteiger partial charge in [-0.3, -0.25) is 9.69 Å². The highest BCUT2D eigenvalue weighted by Gasteiger charge is 2.23. The smallest absolute Gasteiger partial charge is 0.255 e. The van der Waals surface area contributed by atoms with Crippen LogP contribution in [0.5, 0.6) is 0 Å². The number of rotatable bonds is 3. The molecule has 0 bridgehead atoms. The van der Waals surface area contributed by atoms with Gasteiger partial charge in [0.1, 0.15) is 5.82 Å². The van der Waals surface area contributed by atoms with Gasteiger partial charge in [-0.25, -0.2) is 4.39 Å². The number of benzene rings is 2. The lowest BCUT2D eigenvalue weighted by molar-refractivity contribution is 0.0627. The number of halogens is 3. The minimum absolute atomic E-state index is 0.0517. The van der Waals surface area contributed by atoms with Gasteiger partial charge in [0.25, 0.3) is 5.91 Å². The molecule has 0 saturated carbocycles. The molecule has 126 valence electrons. The highest BCUT2D eigenvalue weighted by atomic mass is 79.9. The first-order valence-corrected chi connectivity index (χ1v) is 9.32. The molecule has 1 heterocycles. The zero-order valence-electron chi connectivity index (χ0n) is 13.0. The van der Waals surface area contributed by atoms with E-state index in [-0.39, 0.29) is 11.7 Å². The Kier molecular flexibility index (Phi) is 5.69. The van der Waals surface area contributed by atoms with E-state index in [0.29, 0.717) is 18.7 Å². The van der Waals surface area contributed by atoms with Crippen LogP contribution in [-0.2, 0) is 6.54 Å². The van der Waals surface area contributed by atoms with E-state index in [2.05, 4.69) is 36.8 Å². The number of piperazine rings is 1. The topological polar surface area (TPSA) is 23.6 Å². The Morgan fingerprint density at radius 1 is 1.00 bits per heavy atom. The van der Waals surface area contributed by atoms with Gasteiger partial charge in [-0.05, 0) is 51.8 Å². The third-order valence-electron chi connectivity index (χ3n) is 4.14. The summed E-state index contributed by atoms with van der Waals surface area (Å²) >= 11 is 6.86. The molecular weight excluding hydrogens is 439 g/mol. The fraction of sp³-hybridized carbons (Fsp3) is 0.278. The van der Waals surface area contributed by atoms with Gasteiger partial charge in [-0.2, -0.15) is 0 Å². The number of nitrogens with zero attached hydrogens (tertiary/aromatic N) is 2. The van der Waals surface area contributed by atoms with Gasteiger partial charge in [-0.15, -0.1) is 0 Å². The number of carbonyl (C=O) groups excluding carboxylic acids is 1. The van der Waals surface area contributed by atoms with Crippen LogP contribution in [0.15, 0.2) is 51.4 Å². The van der Waals surface area contributed by atoms with E-state index in [9.17, 15) is 9.18 Å². The van der Waals surface area contributed by atoms with Crippen LogP contribution >= 0.6 is 31.9 Å². The van der Waals surface area contributed by atoms with Crippen LogP contribution in [0.4, 0.5) is 4.39 Å². The molecule has 0 radical (unpaired) electrons. The van der Waals surface area contributed by atoms with Crippen molar-refractivity contribution in [3.05, 3.63) is 68.4 Å². The summed E-state index contributed by atoms with van der Waals surface area (Å²) in [7, 11) is 0. The molecule has 1 amide bonds. The Hall–Kier alpha value is -1.24. The average Bonchev–Trinajstić information content (AvgIpc) is 2.57. The largest absolute Gasteiger partial charge is 0.336 e. The zero-order chi connectivity index (χ0) is 17.1. The van der Waals surface area contributed by atoms with E-state index in [0.717, 1.165) is 34.1 Å². The lowest BCUT2D eigenvalue weighted by Crippen LogP contribution is -2.48. The molecule has 1 aliphatic rings. The molecule has 0 N–H and O–H groups in total. The maximum absolute atomic E-state index is 13.0.